The lowest BCUT2D eigenvalue weighted by Gasteiger charge is -2.33. The highest BCUT2D eigenvalue weighted by molar-refractivity contribution is 7.86. The van der Waals surface area contributed by atoms with Crippen molar-refractivity contribution in [2.24, 2.45) is 16.7 Å². The first-order valence-corrected chi connectivity index (χ1v) is 21.3. The minimum absolute atomic E-state index is 0.0354. The van der Waals surface area contributed by atoms with Gasteiger partial charge in [0.05, 0.1) is 5.56 Å². The largest absolute Gasteiger partial charge is 0.478 e. The molecule has 6 rings (SSSR count). The quantitative estimate of drug-likeness (QED) is 0.152. The molecule has 11 heteroatoms. The fourth-order valence-electron chi connectivity index (χ4n) is 8.54. The molecule has 0 aromatic heterocycles. The van der Waals surface area contributed by atoms with Crippen molar-refractivity contribution in [2.45, 2.75) is 79.6 Å². The highest BCUT2D eigenvalue weighted by Crippen LogP contribution is 2.47. The van der Waals surface area contributed by atoms with E-state index in [1.807, 2.05) is 50.3 Å². The average molecular weight is 761 g/mol. The van der Waals surface area contributed by atoms with E-state index in [0.29, 0.717) is 62.1 Å². The summed E-state index contributed by atoms with van der Waals surface area (Å²) in [5.74, 6) is -1.19. The molecule has 0 radical (unpaired) electrons. The Hall–Kier alpha value is -4.03. The Kier molecular flexibility index (Phi) is 10.2. The van der Waals surface area contributed by atoms with Crippen LogP contribution in [0, 0.1) is 16.7 Å². The molecule has 0 spiro atoms. The Morgan fingerprint density at radius 3 is 2.09 bits per heavy atom. The number of ether oxygens (including phenoxy) is 1. The summed E-state index contributed by atoms with van der Waals surface area (Å²) < 4.78 is 77.0. The van der Waals surface area contributed by atoms with Crippen LogP contribution in [0.4, 0.5) is 0 Å². The molecular weight excluding hydrogens is 713 g/mol. The molecule has 3 aromatic rings. The van der Waals surface area contributed by atoms with Crippen molar-refractivity contribution in [1.29, 1.82) is 0 Å². The van der Waals surface area contributed by atoms with Gasteiger partial charge in [0.25, 0.3) is 20.2 Å². The molecule has 2 unspecified atom stereocenters. The van der Waals surface area contributed by atoms with Crippen LogP contribution in [0.25, 0.3) is 22.8 Å². The number of rotatable bonds is 8. The molecule has 1 aliphatic heterocycles. The van der Waals surface area contributed by atoms with E-state index in [1.54, 1.807) is 18.2 Å². The molecule has 9 nitrogen and oxygen atoms in total. The van der Waals surface area contributed by atoms with Gasteiger partial charge in [0.1, 0.15) is 23.0 Å². The Labute approximate surface area is 312 Å². The van der Waals surface area contributed by atoms with Crippen LogP contribution in [0.3, 0.4) is 0 Å². The third-order valence-electron chi connectivity index (χ3n) is 11.2. The number of carboxylic acids is 1. The molecule has 282 valence electrons. The van der Waals surface area contributed by atoms with E-state index in [0.717, 1.165) is 36.5 Å². The number of fused-ring (bicyclic) bond motifs is 4. The number of hydrogen-bond acceptors (Lipinski definition) is 6. The van der Waals surface area contributed by atoms with Crippen LogP contribution in [0.2, 0.25) is 0 Å². The Balaban J connectivity index is 1.78. The van der Waals surface area contributed by atoms with Crippen LogP contribution in [-0.2, 0) is 20.2 Å². The summed E-state index contributed by atoms with van der Waals surface area (Å²) in [6.07, 6.45) is 9.88. The van der Waals surface area contributed by atoms with E-state index in [9.17, 15) is 35.8 Å². The lowest BCUT2D eigenvalue weighted by molar-refractivity contribution is 0.0696. The van der Waals surface area contributed by atoms with Crippen molar-refractivity contribution >= 4 is 49.0 Å². The maximum absolute atomic E-state index is 12.8. The summed E-state index contributed by atoms with van der Waals surface area (Å²) in [5, 5.41) is 11.7. The summed E-state index contributed by atoms with van der Waals surface area (Å²) in [6, 6.07) is 14.1. The molecule has 0 bridgehead atoms. The highest BCUT2D eigenvalue weighted by atomic mass is 32.2. The van der Waals surface area contributed by atoms with Gasteiger partial charge in [-0.25, -0.2) is 4.79 Å². The van der Waals surface area contributed by atoms with Gasteiger partial charge < -0.3 is 9.84 Å². The fourth-order valence-corrected chi connectivity index (χ4v) is 9.81. The number of carbonyl (C=O) groups is 1. The van der Waals surface area contributed by atoms with Crippen LogP contribution in [-0.4, -0.2) is 48.5 Å². The van der Waals surface area contributed by atoms with E-state index in [1.165, 1.54) is 6.07 Å². The second-order valence-electron chi connectivity index (χ2n) is 16.0. The first-order chi connectivity index (χ1) is 24.7. The van der Waals surface area contributed by atoms with Crippen LogP contribution < -0.4 is 15.2 Å². The molecule has 2 aliphatic carbocycles. The van der Waals surface area contributed by atoms with Gasteiger partial charge in [0, 0.05) is 16.4 Å². The van der Waals surface area contributed by atoms with Crippen LogP contribution >= 0.6 is 0 Å². The maximum atomic E-state index is 12.8. The minimum atomic E-state index is -4.45. The fraction of sp³-hybridized carbons (Fsp3) is 0.405. The van der Waals surface area contributed by atoms with Gasteiger partial charge >= 0.3 is 5.97 Å². The van der Waals surface area contributed by atoms with Gasteiger partial charge in [-0.2, -0.15) is 16.8 Å². The summed E-state index contributed by atoms with van der Waals surface area (Å²) >= 11 is 0. The molecule has 0 saturated carbocycles. The zero-order valence-electron chi connectivity index (χ0n) is 31.1. The van der Waals surface area contributed by atoms with Gasteiger partial charge in [-0.3, -0.25) is 9.11 Å². The topological polar surface area (TPSA) is 155 Å². The molecule has 53 heavy (non-hydrogen) atoms. The molecule has 2 atom stereocenters. The second kappa shape index (κ2) is 14.0. The number of allylic oxidation sites excluding steroid dienone is 2. The van der Waals surface area contributed by atoms with Gasteiger partial charge in [0.15, 0.2) is 0 Å². The third-order valence-corrected chi connectivity index (χ3v) is 12.6. The summed E-state index contributed by atoms with van der Waals surface area (Å²) in [5.41, 5.74) is 3.65. The van der Waals surface area contributed by atoms with Crippen LogP contribution in [0.1, 0.15) is 118 Å². The van der Waals surface area contributed by atoms with E-state index >= 15 is 0 Å². The monoisotopic (exact) mass is 760 g/mol. The molecule has 3 aliphatic rings. The molecule has 1 heterocycles. The van der Waals surface area contributed by atoms with Crippen molar-refractivity contribution < 1.29 is 40.6 Å². The number of aromatic carboxylic acids is 1. The predicted molar refractivity (Wildman–Crippen MR) is 209 cm³/mol. The van der Waals surface area contributed by atoms with Crippen LogP contribution in [0.5, 0.6) is 11.5 Å². The normalized spacial score (nSPS) is 20.6. The number of benzene rings is 3. The molecule has 0 saturated heterocycles. The highest BCUT2D eigenvalue weighted by Gasteiger charge is 2.33. The molecule has 3 N–H and O–H groups in total. The number of hydrogen-bond donors (Lipinski definition) is 3. The SMILES string of the molecule is CCC1CCC(C)(C)C=C(CS(=O)(=O)O)c2cc3c(cc21)Oc1cc2c(cc1=C3c1ccccc1C(=O)O)C(CS(=O)(=O)O)=CC(C)(C)C(CC)CC=2. The Morgan fingerprint density at radius 2 is 1.47 bits per heavy atom. The molecule has 0 fully saturated rings. The molecule has 0 amide bonds. The molecule has 3 aromatic carbocycles. The van der Waals surface area contributed by atoms with Gasteiger partial charge in [-0.1, -0.05) is 84.4 Å². The van der Waals surface area contributed by atoms with Gasteiger partial charge in [-0.15, -0.1) is 0 Å². The third kappa shape index (κ3) is 8.09. The van der Waals surface area contributed by atoms with Crippen molar-refractivity contribution in [2.75, 3.05) is 11.5 Å². The lowest BCUT2D eigenvalue weighted by Crippen LogP contribution is -2.29. The van der Waals surface area contributed by atoms with Gasteiger partial charge in [0.2, 0.25) is 0 Å². The Morgan fingerprint density at radius 1 is 0.811 bits per heavy atom. The van der Waals surface area contributed by atoms with E-state index in [2.05, 4.69) is 33.8 Å². The minimum Gasteiger partial charge on any atom is -0.478 e. The van der Waals surface area contributed by atoms with Crippen LogP contribution in [0.15, 0.2) is 60.7 Å². The van der Waals surface area contributed by atoms with Gasteiger partial charge in [-0.05, 0) is 117 Å². The average Bonchev–Trinajstić information content (AvgIpc) is 3.04. The van der Waals surface area contributed by atoms with E-state index in [4.69, 9.17) is 4.74 Å². The zero-order valence-corrected chi connectivity index (χ0v) is 32.7. The van der Waals surface area contributed by atoms with E-state index < -0.39 is 43.1 Å². The van der Waals surface area contributed by atoms with Crippen molar-refractivity contribution in [3.63, 3.8) is 0 Å². The lowest BCUT2D eigenvalue weighted by atomic mass is 9.72. The van der Waals surface area contributed by atoms with Crippen molar-refractivity contribution in [3.05, 3.63) is 105 Å². The first kappa shape index (κ1) is 38.7. The van der Waals surface area contributed by atoms with E-state index in [-0.39, 0.29) is 22.8 Å². The standard InChI is InChI=1S/C42H48O9S2/c1-7-25-15-16-41(3,4)21-27(23-52(45,46)47)33-19-36-38(20-34(25)33)51-37-17-26-13-14-29(8-2)42(5,6)22-28(24-53(48,49)50)32(26)18-35(37)39(36)30-11-9-10-12-31(30)40(43)44/h9-13,17-22,25,29H,7-8,14-16,23-24H2,1-6H3,(H,43,44)(H,45,46,47)(H,48,49,50). The zero-order chi connectivity index (χ0) is 38.7. The first-order valence-electron chi connectivity index (χ1n) is 18.1. The maximum Gasteiger partial charge on any atom is 0.336 e. The number of carboxylic acid groups (broad SMARTS) is 1. The molecular formula is C42H48O9S2. The van der Waals surface area contributed by atoms with Crippen molar-refractivity contribution in [1.82, 2.24) is 0 Å². The second-order valence-corrected chi connectivity index (χ2v) is 18.9. The van der Waals surface area contributed by atoms with Crippen molar-refractivity contribution in [3.8, 4) is 11.5 Å². The Bertz CT molecular complexity index is 2420. The summed E-state index contributed by atoms with van der Waals surface area (Å²) in [4.78, 5) is 12.8. The predicted octanol–water partition coefficient (Wildman–Crippen LogP) is 7.83. The summed E-state index contributed by atoms with van der Waals surface area (Å²) in [7, 11) is -8.89. The smallest absolute Gasteiger partial charge is 0.336 e. The summed E-state index contributed by atoms with van der Waals surface area (Å²) in [6.45, 7) is 12.4.